The third-order valence-corrected chi connectivity index (χ3v) is 2.38. The molecule has 0 N–H and O–H groups in total. The molecule has 0 spiro atoms. The molecule has 1 nitrogen and oxygen atoms in total. The van der Waals surface area contributed by atoms with Gasteiger partial charge in [0.2, 0.25) is 0 Å². The summed E-state index contributed by atoms with van der Waals surface area (Å²) in [5, 5.41) is 0. The largest absolute Gasteiger partial charge is 0.290 e. The maximum atomic E-state index is 11.8. The van der Waals surface area contributed by atoms with Crippen LogP contribution in [0.4, 0.5) is 0 Å². The molecule has 14 heavy (non-hydrogen) atoms. The van der Waals surface area contributed by atoms with Gasteiger partial charge < -0.3 is 0 Å². The molecule has 1 aliphatic carbocycles. The van der Waals surface area contributed by atoms with Gasteiger partial charge in [-0.2, -0.15) is 0 Å². The Bertz CT molecular complexity index is 348. The number of hydrogen-bond donors (Lipinski definition) is 0. The lowest BCUT2D eigenvalue weighted by Gasteiger charge is -2.21. The quantitative estimate of drug-likeness (QED) is 0.596. The number of hydrogen-bond acceptors (Lipinski definition) is 1. The number of carbonyl (C=O) groups is 1. The fourth-order valence-electron chi connectivity index (χ4n) is 1.55. The molecule has 0 saturated carbocycles. The predicted octanol–water partition coefficient (Wildman–Crippen LogP) is 1.84. The second-order valence-corrected chi connectivity index (χ2v) is 3.72. The highest BCUT2D eigenvalue weighted by molar-refractivity contribution is 6.54. The van der Waals surface area contributed by atoms with E-state index in [9.17, 15) is 4.79 Å². The van der Waals surface area contributed by atoms with Gasteiger partial charge in [0.15, 0.2) is 5.78 Å². The van der Waals surface area contributed by atoms with Crippen LogP contribution in [0.3, 0.4) is 0 Å². The van der Waals surface area contributed by atoms with Crippen molar-refractivity contribution in [3.8, 4) is 0 Å². The van der Waals surface area contributed by atoms with E-state index >= 15 is 0 Å². The van der Waals surface area contributed by atoms with Crippen molar-refractivity contribution < 1.29 is 4.79 Å². The molecule has 69 valence electrons. The maximum Gasteiger partial charge on any atom is 0.174 e. The predicted molar refractivity (Wildman–Crippen MR) is 61.5 cm³/mol. The van der Waals surface area contributed by atoms with Crippen molar-refractivity contribution in [1.82, 2.24) is 0 Å². The van der Waals surface area contributed by atoms with Gasteiger partial charge >= 0.3 is 0 Å². The van der Waals surface area contributed by atoms with E-state index in [1.807, 2.05) is 34.0 Å². The first kappa shape index (κ1) is 11.1. The summed E-state index contributed by atoms with van der Waals surface area (Å²) in [6.07, 6.45) is 1.83. The molecular formula is C11H13B2O. The van der Waals surface area contributed by atoms with Crippen LogP contribution in [0, 0.1) is 5.92 Å². The average Bonchev–Trinajstić information content (AvgIpc) is 2.12. The molecule has 3 heteroatoms. The molecule has 0 fully saturated rings. The van der Waals surface area contributed by atoms with Crippen LogP contribution in [0.1, 0.15) is 13.8 Å². The van der Waals surface area contributed by atoms with Crippen LogP contribution in [-0.4, -0.2) is 20.9 Å². The first-order valence-electron chi connectivity index (χ1n) is 4.73. The average molecular weight is 183 g/mol. The van der Waals surface area contributed by atoms with Gasteiger partial charge in [-0.05, 0) is 17.6 Å². The Morgan fingerprint density at radius 3 is 2.50 bits per heavy atom. The molecule has 0 atom stereocenters. The summed E-state index contributed by atoms with van der Waals surface area (Å²) in [4.78, 5) is 11.8. The third kappa shape index (κ3) is 1.77. The number of Topliss-reactive ketones (excluding diaryl/α,β-unsaturated/α-hetero) is 1. The summed E-state index contributed by atoms with van der Waals surface area (Å²) < 4.78 is 0. The molecule has 0 bridgehead atoms. The van der Waals surface area contributed by atoms with Crippen LogP contribution in [-0.2, 0) is 4.79 Å². The van der Waals surface area contributed by atoms with E-state index in [0.29, 0.717) is 5.47 Å². The smallest absolute Gasteiger partial charge is 0.174 e. The molecule has 0 amide bonds. The van der Waals surface area contributed by atoms with E-state index in [4.69, 9.17) is 7.85 Å². The topological polar surface area (TPSA) is 17.1 Å². The molecule has 0 heterocycles. The molecular weight excluding hydrogens is 170 g/mol. The minimum Gasteiger partial charge on any atom is -0.290 e. The maximum absolute atomic E-state index is 11.8. The normalized spacial score (nSPS) is 17.6. The second kappa shape index (κ2) is 4.03. The standard InChI is InChI=1S/C11H13B2O/c1-6(2)8-5-7(3)10(13-4)9(12)11(8)14/h5-6H,3H2,1-2,4H3. The van der Waals surface area contributed by atoms with Crippen LogP contribution in [0.15, 0.2) is 34.7 Å². The van der Waals surface area contributed by atoms with E-state index in [0.717, 1.165) is 16.6 Å². The fourth-order valence-corrected chi connectivity index (χ4v) is 1.55. The van der Waals surface area contributed by atoms with Crippen molar-refractivity contribution in [3.05, 3.63) is 34.7 Å². The first-order valence-corrected chi connectivity index (χ1v) is 4.73. The van der Waals surface area contributed by atoms with Crippen LogP contribution >= 0.6 is 0 Å². The zero-order valence-corrected chi connectivity index (χ0v) is 8.92. The van der Waals surface area contributed by atoms with Gasteiger partial charge in [0.25, 0.3) is 0 Å². The molecule has 1 aliphatic rings. The van der Waals surface area contributed by atoms with Crippen molar-refractivity contribution in [2.75, 3.05) is 0 Å². The molecule has 0 aromatic rings. The van der Waals surface area contributed by atoms with Crippen molar-refractivity contribution in [1.29, 1.82) is 0 Å². The van der Waals surface area contributed by atoms with Crippen molar-refractivity contribution in [2.24, 2.45) is 5.92 Å². The highest BCUT2D eigenvalue weighted by Crippen LogP contribution is 2.26. The van der Waals surface area contributed by atoms with Crippen molar-refractivity contribution >= 4 is 20.9 Å². The lowest BCUT2D eigenvalue weighted by atomic mass is 9.60. The Balaban J connectivity index is 3.15. The molecule has 0 aromatic heterocycles. The van der Waals surface area contributed by atoms with Gasteiger partial charge in [0, 0.05) is 5.57 Å². The van der Waals surface area contributed by atoms with E-state index in [2.05, 4.69) is 6.58 Å². The summed E-state index contributed by atoms with van der Waals surface area (Å²) in [7, 11) is 7.57. The van der Waals surface area contributed by atoms with Gasteiger partial charge in [-0.15, -0.1) is 0 Å². The van der Waals surface area contributed by atoms with Gasteiger partial charge in [-0.3, -0.25) is 4.79 Å². The molecule has 0 aliphatic heterocycles. The van der Waals surface area contributed by atoms with E-state index in [1.54, 1.807) is 0 Å². The molecule has 3 radical (unpaired) electrons. The lowest BCUT2D eigenvalue weighted by molar-refractivity contribution is -0.112. The zero-order chi connectivity index (χ0) is 10.9. The number of rotatable bonds is 2. The molecule has 1 rings (SSSR count). The summed E-state index contributed by atoms with van der Waals surface area (Å²) in [6.45, 7) is 9.70. The van der Waals surface area contributed by atoms with Crippen LogP contribution < -0.4 is 0 Å². The van der Waals surface area contributed by atoms with Gasteiger partial charge in [0.05, 0.1) is 0 Å². The number of ketones is 1. The van der Waals surface area contributed by atoms with Gasteiger partial charge in [0.1, 0.15) is 15.1 Å². The Labute approximate surface area is 87.6 Å². The summed E-state index contributed by atoms with van der Waals surface area (Å²) in [5.41, 5.74) is 2.66. The van der Waals surface area contributed by atoms with Gasteiger partial charge in [-0.1, -0.05) is 38.2 Å². The monoisotopic (exact) mass is 183 g/mol. The Morgan fingerprint density at radius 1 is 1.50 bits per heavy atom. The van der Waals surface area contributed by atoms with Crippen molar-refractivity contribution in [3.63, 3.8) is 0 Å². The molecule has 0 unspecified atom stereocenters. The summed E-state index contributed by atoms with van der Waals surface area (Å²) >= 11 is 0. The molecule has 0 aromatic carbocycles. The van der Waals surface area contributed by atoms with Crippen LogP contribution in [0.25, 0.3) is 0 Å². The SMILES string of the molecule is [B]C1=C([B]C)C(=C)C=C(C(C)C)C1=O. The first-order chi connectivity index (χ1) is 6.49. The minimum atomic E-state index is -0.0551. The van der Waals surface area contributed by atoms with Crippen LogP contribution in [0.5, 0.6) is 0 Å². The fraction of sp³-hybridized carbons (Fsp3) is 0.364. The van der Waals surface area contributed by atoms with E-state index in [-0.39, 0.29) is 11.7 Å². The third-order valence-electron chi connectivity index (χ3n) is 2.38. The van der Waals surface area contributed by atoms with Crippen molar-refractivity contribution in [2.45, 2.75) is 20.7 Å². The zero-order valence-electron chi connectivity index (χ0n) is 8.92. The highest BCUT2D eigenvalue weighted by atomic mass is 16.1. The Kier molecular flexibility index (Phi) is 3.20. The summed E-state index contributed by atoms with van der Waals surface area (Å²) in [6, 6.07) is 0. The van der Waals surface area contributed by atoms with E-state index < -0.39 is 0 Å². The van der Waals surface area contributed by atoms with E-state index in [1.165, 1.54) is 0 Å². The Hall–Kier alpha value is -0.980. The minimum absolute atomic E-state index is 0.0551. The lowest BCUT2D eigenvalue weighted by Crippen LogP contribution is -2.19. The highest BCUT2D eigenvalue weighted by Gasteiger charge is 2.22. The molecule has 0 saturated heterocycles. The van der Waals surface area contributed by atoms with Gasteiger partial charge in [-0.25, -0.2) is 0 Å². The Morgan fingerprint density at radius 2 is 2.07 bits per heavy atom. The second-order valence-electron chi connectivity index (χ2n) is 3.72. The number of carbonyl (C=O) groups excluding carboxylic acids is 1. The van der Waals surface area contributed by atoms with Crippen LogP contribution in [0.2, 0.25) is 6.82 Å². The number of allylic oxidation sites excluding steroid dienone is 5. The summed E-state index contributed by atoms with van der Waals surface area (Å²) in [5.74, 6) is 0.136.